The Kier molecular flexibility index (Phi) is 10.7. The van der Waals surface area contributed by atoms with E-state index >= 15 is 0 Å². The van der Waals surface area contributed by atoms with Gasteiger partial charge in [0.15, 0.2) is 17.3 Å². The van der Waals surface area contributed by atoms with Crippen LogP contribution in [-0.2, 0) is 37.9 Å². The van der Waals surface area contributed by atoms with Crippen molar-refractivity contribution < 1.29 is 45.4 Å². The Labute approximate surface area is 270 Å². The minimum Gasteiger partial charge on any atom is -0.716 e. The number of hydrogen-bond acceptors (Lipinski definition) is 11. The van der Waals surface area contributed by atoms with Gasteiger partial charge in [-0.15, -0.1) is 0 Å². The summed E-state index contributed by atoms with van der Waals surface area (Å²) in [6, 6.07) is 28.4. The first-order valence-corrected chi connectivity index (χ1v) is 15.9. The monoisotopic (exact) mass is 657 g/mol. The number of esters is 2. The number of benzene rings is 4. The molecule has 0 N–H and O–H groups in total. The van der Waals surface area contributed by atoms with Gasteiger partial charge in [0.25, 0.3) is 10.4 Å². The molecule has 4 aromatic carbocycles. The van der Waals surface area contributed by atoms with Gasteiger partial charge in [-0.05, 0) is 54.3 Å². The number of ether oxygens (including phenoxy) is 3. The lowest BCUT2D eigenvalue weighted by Gasteiger charge is -2.16. The van der Waals surface area contributed by atoms with E-state index in [1.54, 1.807) is 42.5 Å². The van der Waals surface area contributed by atoms with Gasteiger partial charge in [-0.3, -0.25) is 14.4 Å². The van der Waals surface area contributed by atoms with E-state index in [0.717, 1.165) is 11.1 Å². The fraction of sp³-hybridized carbons (Fsp3) is 0.171. The molecular weight excluding hydrogens is 628 g/mol. The lowest BCUT2D eigenvalue weighted by Crippen LogP contribution is -2.16. The highest BCUT2D eigenvalue weighted by Crippen LogP contribution is 2.38. The summed E-state index contributed by atoms with van der Waals surface area (Å²) in [7, 11) is -5.15. The van der Waals surface area contributed by atoms with Gasteiger partial charge in [-0.25, -0.2) is 8.42 Å². The fourth-order valence-corrected chi connectivity index (χ4v) is 4.96. The van der Waals surface area contributed by atoms with Gasteiger partial charge in [0, 0.05) is 18.4 Å². The van der Waals surface area contributed by atoms with Gasteiger partial charge >= 0.3 is 11.9 Å². The summed E-state index contributed by atoms with van der Waals surface area (Å²) in [5, 5.41) is 0.165. The highest BCUT2D eigenvalue weighted by atomic mass is 32.3. The number of unbranched alkanes of at least 4 members (excludes halogenated alkanes) is 1. The van der Waals surface area contributed by atoms with Crippen LogP contribution in [0.1, 0.15) is 36.8 Å². The highest BCUT2D eigenvalue weighted by Gasteiger charge is 2.22. The normalized spacial score (nSPS) is 11.2. The molecule has 0 fully saturated rings. The molecule has 0 radical (unpaired) electrons. The Bertz CT molecular complexity index is 2020. The van der Waals surface area contributed by atoms with Crippen molar-refractivity contribution in [1.29, 1.82) is 0 Å². The summed E-state index contributed by atoms with van der Waals surface area (Å²) in [5.74, 6) is -2.18. The molecule has 0 aliphatic rings. The molecule has 1 aromatic heterocycles. The average Bonchev–Trinajstić information content (AvgIpc) is 3.07. The summed E-state index contributed by atoms with van der Waals surface area (Å²) in [5.41, 5.74) is 1.37. The van der Waals surface area contributed by atoms with Crippen LogP contribution in [0.5, 0.6) is 17.2 Å². The van der Waals surface area contributed by atoms with E-state index in [9.17, 15) is 27.4 Å². The first-order valence-electron chi connectivity index (χ1n) is 14.6. The maximum atomic E-state index is 13.5. The van der Waals surface area contributed by atoms with Crippen LogP contribution in [0.25, 0.3) is 22.3 Å². The quantitative estimate of drug-likeness (QED) is 0.0589. The molecule has 1 heterocycles. The van der Waals surface area contributed by atoms with Crippen molar-refractivity contribution in [2.24, 2.45) is 0 Å². The SMILES string of the molecule is O=C(CCCCC(=O)Oc1c(-c2ccc(OS(=O)(=O)[O-])c(OCc3ccccc3)c2)oc2ccccc2c1=O)OCc1ccccc1. The topological polar surface area (TPSA) is 158 Å². The van der Waals surface area contributed by atoms with Crippen molar-refractivity contribution in [2.75, 3.05) is 0 Å². The van der Waals surface area contributed by atoms with Crippen molar-refractivity contribution in [3.63, 3.8) is 0 Å². The number of fused-ring (bicyclic) bond motifs is 1. The Morgan fingerprint density at radius 1 is 0.723 bits per heavy atom. The molecule has 5 aromatic rings. The molecule has 0 aliphatic heterocycles. The zero-order valence-electron chi connectivity index (χ0n) is 25.0. The van der Waals surface area contributed by atoms with Gasteiger partial charge < -0.3 is 27.4 Å². The molecule has 11 nitrogen and oxygen atoms in total. The summed E-state index contributed by atoms with van der Waals surface area (Å²) >= 11 is 0. The number of carbonyl (C=O) groups excluding carboxylic acids is 2. The highest BCUT2D eigenvalue weighted by molar-refractivity contribution is 7.81. The number of para-hydroxylation sites is 1. The molecule has 0 spiro atoms. The molecule has 0 aliphatic carbocycles. The third-order valence-electron chi connectivity index (χ3n) is 6.86. The number of hydrogen-bond donors (Lipinski definition) is 0. The van der Waals surface area contributed by atoms with Crippen LogP contribution in [-0.4, -0.2) is 24.9 Å². The Morgan fingerprint density at radius 2 is 1.34 bits per heavy atom. The minimum atomic E-state index is -5.15. The molecule has 5 rings (SSSR count). The molecule has 47 heavy (non-hydrogen) atoms. The van der Waals surface area contributed by atoms with Crippen molar-refractivity contribution >= 4 is 33.3 Å². The standard InChI is InChI=1S/C35H30O11S/c36-31(43-23-25-13-5-2-6-14-25)17-9-10-18-32(37)45-35-33(38)27-15-7-8-16-28(27)44-34(35)26-19-20-29(46-47(39,40)41)30(21-26)42-22-24-11-3-1-4-12-24/h1-8,11-16,19-21H,9-10,17-18,22-23H2,(H,39,40,41)/p-1. The Morgan fingerprint density at radius 3 is 2.02 bits per heavy atom. The average molecular weight is 658 g/mol. The molecule has 0 unspecified atom stereocenters. The molecule has 0 saturated carbocycles. The third-order valence-corrected chi connectivity index (χ3v) is 7.25. The maximum absolute atomic E-state index is 13.5. The van der Waals surface area contributed by atoms with E-state index in [2.05, 4.69) is 4.18 Å². The summed E-state index contributed by atoms with van der Waals surface area (Å²) in [6.45, 7) is 0.143. The Hall–Kier alpha value is -5.46. The second-order valence-electron chi connectivity index (χ2n) is 10.3. The number of carbonyl (C=O) groups is 2. The summed E-state index contributed by atoms with van der Waals surface area (Å²) in [4.78, 5) is 38.6. The van der Waals surface area contributed by atoms with Crippen LogP contribution >= 0.6 is 0 Å². The largest absolute Gasteiger partial charge is 0.716 e. The zero-order chi connectivity index (χ0) is 33.2. The van der Waals surface area contributed by atoms with Crippen molar-refractivity contribution in [3.8, 4) is 28.6 Å². The van der Waals surface area contributed by atoms with Gasteiger partial charge in [0.2, 0.25) is 11.2 Å². The minimum absolute atomic E-state index is 0.0110. The van der Waals surface area contributed by atoms with Crippen LogP contribution in [0.3, 0.4) is 0 Å². The van der Waals surface area contributed by atoms with E-state index in [1.165, 1.54) is 24.3 Å². The van der Waals surface area contributed by atoms with Crippen molar-refractivity contribution in [1.82, 2.24) is 0 Å². The van der Waals surface area contributed by atoms with Crippen molar-refractivity contribution in [2.45, 2.75) is 38.9 Å². The molecule has 0 bridgehead atoms. The molecule has 242 valence electrons. The van der Waals surface area contributed by atoms with Gasteiger partial charge in [-0.2, -0.15) is 0 Å². The van der Waals surface area contributed by atoms with Crippen LogP contribution in [0.15, 0.2) is 112 Å². The lowest BCUT2D eigenvalue weighted by molar-refractivity contribution is -0.145. The summed E-state index contributed by atoms with van der Waals surface area (Å²) < 4.78 is 61.5. The van der Waals surface area contributed by atoms with Gasteiger partial charge in [0.1, 0.15) is 18.8 Å². The molecule has 0 amide bonds. The maximum Gasteiger partial charge on any atom is 0.311 e. The van der Waals surface area contributed by atoms with E-state index < -0.39 is 33.5 Å². The molecular formula is C35H29O11S-. The van der Waals surface area contributed by atoms with E-state index in [-0.39, 0.29) is 59.8 Å². The van der Waals surface area contributed by atoms with Gasteiger partial charge in [-0.1, -0.05) is 72.8 Å². The molecule has 0 saturated heterocycles. The van der Waals surface area contributed by atoms with Crippen LogP contribution in [0, 0.1) is 0 Å². The third kappa shape index (κ3) is 9.28. The zero-order valence-corrected chi connectivity index (χ0v) is 25.8. The van der Waals surface area contributed by atoms with E-state index in [0.29, 0.717) is 12.8 Å². The number of rotatable bonds is 14. The second-order valence-corrected chi connectivity index (χ2v) is 11.3. The predicted molar refractivity (Wildman–Crippen MR) is 169 cm³/mol. The fourth-order valence-electron chi connectivity index (χ4n) is 4.60. The second kappa shape index (κ2) is 15.2. The Balaban J connectivity index is 1.34. The van der Waals surface area contributed by atoms with Gasteiger partial charge in [0.05, 0.1) is 5.39 Å². The van der Waals surface area contributed by atoms with Crippen LogP contribution in [0.4, 0.5) is 0 Å². The molecule has 12 heteroatoms. The lowest BCUT2D eigenvalue weighted by atomic mass is 10.1. The van der Waals surface area contributed by atoms with Crippen LogP contribution in [0.2, 0.25) is 0 Å². The summed E-state index contributed by atoms with van der Waals surface area (Å²) in [6.07, 6.45) is 0.648. The van der Waals surface area contributed by atoms with Crippen molar-refractivity contribution in [3.05, 3.63) is 124 Å². The first kappa shape index (κ1) is 32.9. The first-order chi connectivity index (χ1) is 22.7. The van der Waals surface area contributed by atoms with E-state index in [1.807, 2.05) is 36.4 Å². The smallest absolute Gasteiger partial charge is 0.311 e. The molecule has 0 atom stereocenters. The van der Waals surface area contributed by atoms with E-state index in [4.69, 9.17) is 18.6 Å². The van der Waals surface area contributed by atoms with Crippen LogP contribution < -0.4 is 19.1 Å². The predicted octanol–water partition coefficient (Wildman–Crippen LogP) is 6.09.